The van der Waals surface area contributed by atoms with Gasteiger partial charge in [-0.3, -0.25) is 0 Å². The van der Waals surface area contributed by atoms with Crippen LogP contribution in [0.4, 0.5) is 0 Å². The van der Waals surface area contributed by atoms with Gasteiger partial charge in [-0.15, -0.1) is 0 Å². The van der Waals surface area contributed by atoms with E-state index in [2.05, 4.69) is 19.9 Å². The van der Waals surface area contributed by atoms with E-state index >= 15 is 0 Å². The van der Waals surface area contributed by atoms with E-state index in [4.69, 9.17) is 5.73 Å². The average molecular weight is 155 g/mol. The molecular formula is C10H21N. The topological polar surface area (TPSA) is 26.0 Å². The molecule has 0 aliphatic rings. The van der Waals surface area contributed by atoms with Crippen molar-refractivity contribution in [3.05, 3.63) is 11.8 Å². The lowest BCUT2D eigenvalue weighted by molar-refractivity contribution is 0.661. The summed E-state index contributed by atoms with van der Waals surface area (Å²) in [5.41, 5.74) is 6.80. The largest absolute Gasteiger partial charge is 0.402 e. The minimum Gasteiger partial charge on any atom is -0.402 e. The summed E-state index contributed by atoms with van der Waals surface area (Å²) in [5, 5.41) is 0. The molecule has 0 aromatic rings. The van der Waals surface area contributed by atoms with Crippen molar-refractivity contribution in [1.82, 2.24) is 0 Å². The predicted octanol–water partition coefficient (Wildman–Crippen LogP) is 3.21. The summed E-state index contributed by atoms with van der Waals surface area (Å²) in [5.74, 6) is 0. The summed E-state index contributed by atoms with van der Waals surface area (Å²) in [7, 11) is 0. The van der Waals surface area contributed by atoms with E-state index in [1.54, 1.807) is 0 Å². The molecule has 0 fully saturated rings. The van der Waals surface area contributed by atoms with Crippen molar-refractivity contribution < 1.29 is 0 Å². The van der Waals surface area contributed by atoms with Crippen molar-refractivity contribution >= 4 is 0 Å². The molecule has 0 aromatic carbocycles. The fourth-order valence-corrected chi connectivity index (χ4v) is 1.12. The normalized spacial score (nSPS) is 12.0. The lowest BCUT2D eigenvalue weighted by Crippen LogP contribution is -1.96. The van der Waals surface area contributed by atoms with E-state index < -0.39 is 0 Å². The third kappa shape index (κ3) is 7.44. The van der Waals surface area contributed by atoms with Gasteiger partial charge in [-0.1, -0.05) is 39.2 Å². The molecule has 0 atom stereocenters. The number of hydrogen-bond acceptors (Lipinski definition) is 1. The first kappa shape index (κ1) is 10.5. The standard InChI is InChI=1S/C10H21N/c1-3-5-6-7-9-10(11)8-4-2/h8H,3-7,9,11H2,1-2H3/b10-8+. The average Bonchev–Trinajstić information content (AvgIpc) is 1.99. The van der Waals surface area contributed by atoms with Crippen molar-refractivity contribution in [2.75, 3.05) is 0 Å². The Balaban J connectivity index is 3.17. The quantitative estimate of drug-likeness (QED) is 0.586. The highest BCUT2D eigenvalue weighted by molar-refractivity contribution is 4.95. The molecule has 0 aliphatic carbocycles. The molecule has 0 radical (unpaired) electrons. The summed E-state index contributed by atoms with van der Waals surface area (Å²) in [6.07, 6.45) is 9.52. The van der Waals surface area contributed by atoms with Gasteiger partial charge in [-0.2, -0.15) is 0 Å². The summed E-state index contributed by atoms with van der Waals surface area (Å²) >= 11 is 0. The van der Waals surface area contributed by atoms with Gasteiger partial charge in [-0.25, -0.2) is 0 Å². The Labute approximate surface area is 70.7 Å². The summed E-state index contributed by atoms with van der Waals surface area (Å²) in [6.45, 7) is 4.35. The number of rotatable bonds is 6. The molecule has 0 saturated heterocycles. The molecule has 66 valence electrons. The smallest absolute Gasteiger partial charge is 0.00398 e. The molecule has 0 rings (SSSR count). The van der Waals surface area contributed by atoms with Crippen LogP contribution in [0.15, 0.2) is 11.8 Å². The predicted molar refractivity (Wildman–Crippen MR) is 51.3 cm³/mol. The van der Waals surface area contributed by atoms with Gasteiger partial charge in [0.15, 0.2) is 0 Å². The Morgan fingerprint density at radius 3 is 2.45 bits per heavy atom. The van der Waals surface area contributed by atoms with E-state index in [9.17, 15) is 0 Å². The first-order chi connectivity index (χ1) is 5.31. The second-order valence-electron chi connectivity index (χ2n) is 3.00. The first-order valence-electron chi connectivity index (χ1n) is 4.75. The van der Waals surface area contributed by atoms with E-state index in [-0.39, 0.29) is 0 Å². The van der Waals surface area contributed by atoms with Crippen molar-refractivity contribution in [2.45, 2.75) is 52.4 Å². The molecule has 1 heteroatoms. The van der Waals surface area contributed by atoms with E-state index in [0.29, 0.717) is 0 Å². The van der Waals surface area contributed by atoms with Gasteiger partial charge in [0.1, 0.15) is 0 Å². The van der Waals surface area contributed by atoms with Crippen LogP contribution < -0.4 is 5.73 Å². The third-order valence-corrected chi connectivity index (χ3v) is 1.79. The van der Waals surface area contributed by atoms with Crippen LogP contribution in [0.25, 0.3) is 0 Å². The van der Waals surface area contributed by atoms with Crippen LogP contribution in [0.2, 0.25) is 0 Å². The highest BCUT2D eigenvalue weighted by Crippen LogP contribution is 2.06. The number of unbranched alkanes of at least 4 members (excludes halogenated alkanes) is 3. The summed E-state index contributed by atoms with van der Waals surface area (Å²) in [6, 6.07) is 0. The zero-order valence-corrected chi connectivity index (χ0v) is 7.90. The maximum Gasteiger partial charge on any atom is 0.00398 e. The third-order valence-electron chi connectivity index (χ3n) is 1.79. The second kappa shape index (κ2) is 7.64. The van der Waals surface area contributed by atoms with Gasteiger partial charge < -0.3 is 5.73 Å². The Bertz CT molecular complexity index is 105. The maximum atomic E-state index is 5.73. The monoisotopic (exact) mass is 155 g/mol. The lowest BCUT2D eigenvalue weighted by Gasteiger charge is -1.99. The van der Waals surface area contributed by atoms with E-state index in [1.165, 1.54) is 25.7 Å². The second-order valence-corrected chi connectivity index (χ2v) is 3.00. The number of allylic oxidation sites excluding steroid dienone is 2. The Kier molecular flexibility index (Phi) is 7.33. The molecule has 0 aromatic heterocycles. The molecule has 0 aliphatic heterocycles. The van der Waals surface area contributed by atoms with Gasteiger partial charge in [-0.05, 0) is 19.3 Å². The number of nitrogens with two attached hydrogens (primary N) is 1. The van der Waals surface area contributed by atoms with Crippen molar-refractivity contribution in [2.24, 2.45) is 5.73 Å². The van der Waals surface area contributed by atoms with Gasteiger partial charge in [0, 0.05) is 5.70 Å². The fourth-order valence-electron chi connectivity index (χ4n) is 1.12. The Hall–Kier alpha value is -0.460. The molecule has 2 N–H and O–H groups in total. The van der Waals surface area contributed by atoms with Gasteiger partial charge in [0.25, 0.3) is 0 Å². The minimum absolute atomic E-state index is 1.07. The Morgan fingerprint density at radius 1 is 1.18 bits per heavy atom. The maximum absolute atomic E-state index is 5.73. The molecular weight excluding hydrogens is 134 g/mol. The number of hydrogen-bond donors (Lipinski definition) is 1. The van der Waals surface area contributed by atoms with Crippen LogP contribution in [-0.4, -0.2) is 0 Å². The van der Waals surface area contributed by atoms with Crippen LogP contribution in [-0.2, 0) is 0 Å². The molecule has 0 heterocycles. The molecule has 0 bridgehead atoms. The van der Waals surface area contributed by atoms with Crippen molar-refractivity contribution in [3.8, 4) is 0 Å². The fraction of sp³-hybridized carbons (Fsp3) is 0.800. The molecule has 1 nitrogen and oxygen atoms in total. The molecule has 0 unspecified atom stereocenters. The van der Waals surface area contributed by atoms with Crippen LogP contribution in [0.5, 0.6) is 0 Å². The highest BCUT2D eigenvalue weighted by atomic mass is 14.6. The SMILES string of the molecule is CC/C=C(/N)CCCCCC. The first-order valence-corrected chi connectivity index (χ1v) is 4.75. The van der Waals surface area contributed by atoms with Crippen LogP contribution in [0.1, 0.15) is 52.4 Å². The molecule has 0 saturated carbocycles. The van der Waals surface area contributed by atoms with Crippen LogP contribution >= 0.6 is 0 Å². The summed E-state index contributed by atoms with van der Waals surface area (Å²) in [4.78, 5) is 0. The van der Waals surface area contributed by atoms with E-state index in [0.717, 1.165) is 18.5 Å². The van der Waals surface area contributed by atoms with Crippen LogP contribution in [0.3, 0.4) is 0 Å². The highest BCUT2D eigenvalue weighted by Gasteiger charge is 1.89. The molecule has 0 spiro atoms. The van der Waals surface area contributed by atoms with Crippen molar-refractivity contribution in [1.29, 1.82) is 0 Å². The molecule has 0 amide bonds. The zero-order chi connectivity index (χ0) is 8.53. The molecule has 11 heavy (non-hydrogen) atoms. The Morgan fingerprint density at radius 2 is 1.91 bits per heavy atom. The minimum atomic E-state index is 1.07. The van der Waals surface area contributed by atoms with Gasteiger partial charge in [0.05, 0.1) is 0 Å². The lowest BCUT2D eigenvalue weighted by atomic mass is 10.1. The van der Waals surface area contributed by atoms with E-state index in [1.807, 2.05) is 0 Å². The van der Waals surface area contributed by atoms with Gasteiger partial charge >= 0.3 is 0 Å². The summed E-state index contributed by atoms with van der Waals surface area (Å²) < 4.78 is 0. The van der Waals surface area contributed by atoms with Gasteiger partial charge in [0.2, 0.25) is 0 Å². The zero-order valence-electron chi connectivity index (χ0n) is 7.90. The van der Waals surface area contributed by atoms with Crippen molar-refractivity contribution in [3.63, 3.8) is 0 Å². The van der Waals surface area contributed by atoms with Crippen LogP contribution in [0, 0.1) is 0 Å².